The summed E-state index contributed by atoms with van der Waals surface area (Å²) in [5.41, 5.74) is -0.200. The lowest BCUT2D eigenvalue weighted by Gasteiger charge is -2.37. The molecule has 0 unspecified atom stereocenters. The second-order valence-corrected chi connectivity index (χ2v) is 9.54. The van der Waals surface area contributed by atoms with E-state index in [1.807, 2.05) is 0 Å². The Labute approximate surface area is 221 Å². The molecule has 0 atom stereocenters. The molecule has 6 nitrogen and oxygen atoms in total. The highest BCUT2D eigenvalue weighted by Crippen LogP contribution is 2.57. The number of halogens is 4. The number of amides is 2. The maximum Gasteiger partial charge on any atom is 0.417 e. The van der Waals surface area contributed by atoms with Gasteiger partial charge in [0, 0.05) is 19.5 Å². The van der Waals surface area contributed by atoms with Crippen LogP contribution >= 0.6 is 0 Å². The molecule has 1 saturated carbocycles. The topological polar surface area (TPSA) is 75.2 Å². The fourth-order valence-corrected chi connectivity index (χ4v) is 5.38. The van der Waals surface area contributed by atoms with Gasteiger partial charge >= 0.3 is 6.18 Å². The fourth-order valence-electron chi connectivity index (χ4n) is 5.38. The first-order valence-corrected chi connectivity index (χ1v) is 12.2. The maximum absolute atomic E-state index is 13.9. The van der Waals surface area contributed by atoms with Gasteiger partial charge in [0.05, 0.1) is 22.2 Å². The van der Waals surface area contributed by atoms with Gasteiger partial charge in [-0.25, -0.2) is 19.3 Å². The Morgan fingerprint density at radius 3 is 2.33 bits per heavy atom. The van der Waals surface area contributed by atoms with Crippen molar-refractivity contribution in [2.75, 3.05) is 10.2 Å². The summed E-state index contributed by atoms with van der Waals surface area (Å²) in [6.07, 6.45) is 0.260. The van der Waals surface area contributed by atoms with E-state index < -0.39 is 34.4 Å². The van der Waals surface area contributed by atoms with E-state index in [2.05, 4.69) is 15.3 Å². The van der Waals surface area contributed by atoms with Crippen molar-refractivity contribution in [3.8, 4) is 11.1 Å². The van der Waals surface area contributed by atoms with Gasteiger partial charge in [0.15, 0.2) is 0 Å². The largest absolute Gasteiger partial charge is 0.417 e. The highest BCUT2D eigenvalue weighted by Gasteiger charge is 2.56. The van der Waals surface area contributed by atoms with E-state index in [1.165, 1.54) is 41.6 Å². The number of benzene rings is 3. The van der Waals surface area contributed by atoms with Crippen LogP contribution in [-0.2, 0) is 16.4 Å². The summed E-state index contributed by atoms with van der Waals surface area (Å²) in [7, 11) is 0. The van der Waals surface area contributed by atoms with Crippen molar-refractivity contribution in [3.05, 3.63) is 102 Å². The molecule has 2 aliphatic rings. The highest BCUT2D eigenvalue weighted by atomic mass is 19.4. The molecular formula is C29H22F4N4O2. The first kappa shape index (κ1) is 24.7. The molecule has 1 aliphatic carbocycles. The molecular weight excluding hydrogens is 512 g/mol. The normalized spacial score (nSPS) is 15.7. The summed E-state index contributed by atoms with van der Waals surface area (Å²) in [5, 5.41) is 2.42. The van der Waals surface area contributed by atoms with Gasteiger partial charge in [-0.1, -0.05) is 24.6 Å². The molecule has 2 amide bonds. The molecule has 2 heterocycles. The lowest BCUT2D eigenvalue weighted by molar-refractivity contribution is -0.137. The first-order chi connectivity index (χ1) is 18.7. The van der Waals surface area contributed by atoms with Gasteiger partial charge in [-0.3, -0.25) is 9.59 Å². The Balaban J connectivity index is 0.00000323. The molecule has 10 heteroatoms. The van der Waals surface area contributed by atoms with Crippen molar-refractivity contribution < 1.29 is 28.6 Å². The maximum atomic E-state index is 13.9. The van der Waals surface area contributed by atoms with Crippen LogP contribution in [-0.4, -0.2) is 21.8 Å². The third-order valence-electron chi connectivity index (χ3n) is 7.32. The van der Waals surface area contributed by atoms with Crippen LogP contribution in [0.5, 0.6) is 0 Å². The van der Waals surface area contributed by atoms with Crippen molar-refractivity contribution in [1.29, 1.82) is 0 Å². The van der Waals surface area contributed by atoms with Crippen molar-refractivity contribution in [1.82, 2.24) is 9.97 Å². The van der Waals surface area contributed by atoms with Crippen LogP contribution in [0, 0.1) is 5.82 Å². The average Bonchev–Trinajstić information content (AvgIpc) is 3.18. The van der Waals surface area contributed by atoms with Crippen LogP contribution in [0.15, 0.2) is 79.1 Å². The Bertz CT molecular complexity index is 1610. The van der Waals surface area contributed by atoms with Gasteiger partial charge in [-0.15, -0.1) is 0 Å². The number of carbonyl (C=O) groups is 2. The SMILES string of the molecule is O=C(Nc1ccc(F)cc1)c1cc(-c2cccc3c2C2(CCC2)C(=O)N3c2ncccn2)ccc1C(F)(F)F.[HH]. The fraction of sp³-hybridized carbons (Fsp3) is 0.172. The molecule has 6 rings (SSSR count). The van der Waals surface area contributed by atoms with Gasteiger partial charge in [-0.2, -0.15) is 13.2 Å². The molecule has 1 aliphatic heterocycles. The zero-order chi connectivity index (χ0) is 27.4. The van der Waals surface area contributed by atoms with Crippen LogP contribution in [0.1, 0.15) is 42.2 Å². The van der Waals surface area contributed by atoms with Gasteiger partial charge < -0.3 is 5.32 Å². The molecule has 0 saturated heterocycles. The molecule has 0 radical (unpaired) electrons. The van der Waals surface area contributed by atoms with E-state index in [0.717, 1.165) is 24.6 Å². The molecule has 3 aromatic carbocycles. The smallest absolute Gasteiger partial charge is 0.322 e. The first-order valence-electron chi connectivity index (χ1n) is 12.2. The van der Waals surface area contributed by atoms with Gasteiger partial charge in [0.1, 0.15) is 5.82 Å². The Kier molecular flexibility index (Phi) is 5.71. The Morgan fingerprint density at radius 2 is 1.69 bits per heavy atom. The molecule has 1 spiro atoms. The zero-order valence-electron chi connectivity index (χ0n) is 20.3. The zero-order valence-corrected chi connectivity index (χ0v) is 20.3. The van der Waals surface area contributed by atoms with E-state index in [9.17, 15) is 27.2 Å². The van der Waals surface area contributed by atoms with Crippen molar-refractivity contribution >= 4 is 29.1 Å². The molecule has 0 bridgehead atoms. The van der Waals surface area contributed by atoms with E-state index in [4.69, 9.17) is 0 Å². The predicted octanol–water partition coefficient (Wildman–Crippen LogP) is 6.90. The van der Waals surface area contributed by atoms with Gasteiger partial charge in [-0.05, 0) is 78.1 Å². The summed E-state index contributed by atoms with van der Waals surface area (Å²) < 4.78 is 55.1. The van der Waals surface area contributed by atoms with Crippen LogP contribution in [0.3, 0.4) is 0 Å². The molecule has 198 valence electrons. The number of fused-ring (bicyclic) bond motifs is 2. The second kappa shape index (κ2) is 9.00. The standard InChI is InChI=1S/C29H20F4N4O2.H2/c30-18-7-9-19(10-8-18)36-25(38)21-16-17(6-11-22(21)29(31,32)33)20-4-1-5-23-24(20)28(12-2-13-28)26(39)37(23)27-34-14-3-15-35-27;/h1,3-11,14-16H,2,12-13H2,(H,36,38);1H. The van der Waals surface area contributed by atoms with Crippen molar-refractivity contribution in [2.45, 2.75) is 30.9 Å². The van der Waals surface area contributed by atoms with Crippen LogP contribution in [0.4, 0.5) is 34.9 Å². The minimum Gasteiger partial charge on any atom is -0.322 e. The summed E-state index contributed by atoms with van der Waals surface area (Å²) in [6.45, 7) is 0. The third-order valence-corrected chi connectivity index (χ3v) is 7.32. The lowest BCUT2D eigenvalue weighted by atomic mass is 9.63. The third kappa shape index (κ3) is 4.03. The summed E-state index contributed by atoms with van der Waals surface area (Å²) in [5.74, 6) is -1.49. The van der Waals surface area contributed by atoms with Crippen LogP contribution in [0.25, 0.3) is 11.1 Å². The number of rotatable bonds is 4. The monoisotopic (exact) mass is 534 g/mol. The molecule has 39 heavy (non-hydrogen) atoms. The minimum atomic E-state index is -4.79. The van der Waals surface area contributed by atoms with Gasteiger partial charge in [0.2, 0.25) is 11.9 Å². The number of carbonyl (C=O) groups excluding carboxylic acids is 2. The van der Waals surface area contributed by atoms with Crippen LogP contribution in [0.2, 0.25) is 0 Å². The number of aromatic nitrogens is 2. The number of anilines is 3. The van der Waals surface area contributed by atoms with E-state index in [-0.39, 0.29) is 19.0 Å². The lowest BCUT2D eigenvalue weighted by Crippen LogP contribution is -2.44. The minimum absolute atomic E-state index is 0. The van der Waals surface area contributed by atoms with Crippen molar-refractivity contribution in [2.24, 2.45) is 0 Å². The van der Waals surface area contributed by atoms with E-state index >= 15 is 0 Å². The molecule has 1 aromatic heterocycles. The summed E-state index contributed by atoms with van der Waals surface area (Å²) in [6, 6.07) is 15.0. The van der Waals surface area contributed by atoms with E-state index in [0.29, 0.717) is 35.2 Å². The predicted molar refractivity (Wildman–Crippen MR) is 138 cm³/mol. The Hall–Kier alpha value is -4.60. The number of hydrogen-bond acceptors (Lipinski definition) is 4. The number of hydrogen-bond donors (Lipinski definition) is 1. The summed E-state index contributed by atoms with van der Waals surface area (Å²) in [4.78, 5) is 36.8. The highest BCUT2D eigenvalue weighted by molar-refractivity contribution is 6.14. The molecule has 1 fully saturated rings. The van der Waals surface area contributed by atoms with Gasteiger partial charge in [0.25, 0.3) is 5.91 Å². The quantitative estimate of drug-likeness (QED) is 0.289. The summed E-state index contributed by atoms with van der Waals surface area (Å²) >= 11 is 0. The number of nitrogens with zero attached hydrogens (tertiary/aromatic N) is 3. The number of alkyl halides is 3. The van der Waals surface area contributed by atoms with Crippen LogP contribution < -0.4 is 10.2 Å². The van der Waals surface area contributed by atoms with E-state index in [1.54, 1.807) is 24.3 Å². The average molecular weight is 535 g/mol. The second-order valence-electron chi connectivity index (χ2n) is 9.54. The van der Waals surface area contributed by atoms with Crippen molar-refractivity contribution in [3.63, 3.8) is 0 Å². The number of nitrogens with one attached hydrogen (secondary N) is 1. The molecule has 4 aromatic rings. The Morgan fingerprint density at radius 1 is 0.974 bits per heavy atom. The molecule has 1 N–H and O–H groups in total.